The molecule has 1 aromatic carbocycles. The Labute approximate surface area is 147 Å². The zero-order valence-electron chi connectivity index (χ0n) is 11.6. The van der Waals surface area contributed by atoms with Crippen LogP contribution >= 0.6 is 45.2 Å². The van der Waals surface area contributed by atoms with Gasteiger partial charge in [0.15, 0.2) is 0 Å². The van der Waals surface area contributed by atoms with E-state index in [2.05, 4.69) is 52.1 Å². The van der Waals surface area contributed by atoms with Crippen molar-refractivity contribution in [3.05, 3.63) is 24.8 Å². The van der Waals surface area contributed by atoms with E-state index in [9.17, 15) is 4.79 Å². The van der Waals surface area contributed by atoms with Gasteiger partial charge in [0.25, 0.3) is 0 Å². The van der Waals surface area contributed by atoms with Gasteiger partial charge in [-0.3, -0.25) is 0 Å². The van der Waals surface area contributed by atoms with Gasteiger partial charge >= 0.3 is 5.97 Å². The van der Waals surface area contributed by atoms with Crippen molar-refractivity contribution in [1.82, 2.24) is 0 Å². The lowest BCUT2D eigenvalue weighted by Gasteiger charge is -2.11. The van der Waals surface area contributed by atoms with Crippen LogP contribution < -0.4 is 4.74 Å². The van der Waals surface area contributed by atoms with Gasteiger partial charge in [0, 0.05) is 0 Å². The lowest BCUT2D eigenvalue weighted by Crippen LogP contribution is -2.04. The molecule has 0 aliphatic carbocycles. The fourth-order valence-electron chi connectivity index (χ4n) is 1.88. The van der Waals surface area contributed by atoms with E-state index in [0.29, 0.717) is 12.2 Å². The smallest absolute Gasteiger partial charge is 0.335 e. The van der Waals surface area contributed by atoms with Gasteiger partial charge in [-0.1, -0.05) is 39.0 Å². The topological polar surface area (TPSA) is 46.5 Å². The molecule has 1 rings (SSSR count). The molecule has 0 heterocycles. The molecule has 0 amide bonds. The maximum absolute atomic E-state index is 11.0. The standard InChI is InChI=1S/C15H20I2O3/c1-2-3-4-5-6-7-8-20-14-12(16)9-11(15(18)19)10-13(14)17/h9-10H,2-8H2,1H3,(H,18,19). The average molecular weight is 502 g/mol. The third-order valence-corrected chi connectivity index (χ3v) is 4.59. The number of carboxylic acid groups (broad SMARTS) is 1. The summed E-state index contributed by atoms with van der Waals surface area (Å²) in [4.78, 5) is 11.0. The molecule has 0 radical (unpaired) electrons. The lowest BCUT2D eigenvalue weighted by molar-refractivity contribution is 0.0696. The van der Waals surface area contributed by atoms with Crippen molar-refractivity contribution in [2.45, 2.75) is 45.4 Å². The Bertz CT molecular complexity index is 424. The second-order valence-electron chi connectivity index (χ2n) is 4.69. The first kappa shape index (κ1) is 18.0. The van der Waals surface area contributed by atoms with Gasteiger partial charge in [0.05, 0.1) is 19.3 Å². The number of carboxylic acids is 1. The largest absolute Gasteiger partial charge is 0.491 e. The van der Waals surface area contributed by atoms with Crippen molar-refractivity contribution in [3.8, 4) is 5.75 Å². The summed E-state index contributed by atoms with van der Waals surface area (Å²) in [6, 6.07) is 3.31. The number of ether oxygens (including phenoxy) is 1. The Morgan fingerprint density at radius 1 is 1.10 bits per heavy atom. The van der Waals surface area contributed by atoms with E-state index >= 15 is 0 Å². The molecule has 0 aromatic heterocycles. The molecule has 1 aromatic rings. The lowest BCUT2D eigenvalue weighted by atomic mass is 10.1. The van der Waals surface area contributed by atoms with E-state index in [1.807, 2.05) is 0 Å². The van der Waals surface area contributed by atoms with Crippen LogP contribution in [0, 0.1) is 7.14 Å². The highest BCUT2D eigenvalue weighted by Crippen LogP contribution is 2.29. The minimum absolute atomic E-state index is 0.311. The molecule has 0 atom stereocenters. The number of carbonyl (C=O) groups is 1. The third-order valence-electron chi connectivity index (χ3n) is 2.99. The van der Waals surface area contributed by atoms with Crippen molar-refractivity contribution in [3.63, 3.8) is 0 Å². The van der Waals surface area contributed by atoms with Crippen molar-refractivity contribution < 1.29 is 14.6 Å². The van der Waals surface area contributed by atoms with Crippen LogP contribution in [0.25, 0.3) is 0 Å². The van der Waals surface area contributed by atoms with Gasteiger partial charge in [-0.25, -0.2) is 4.79 Å². The minimum Gasteiger partial charge on any atom is -0.491 e. The zero-order chi connectivity index (χ0) is 15.0. The van der Waals surface area contributed by atoms with Crippen molar-refractivity contribution >= 4 is 51.2 Å². The number of benzene rings is 1. The Kier molecular flexibility index (Phi) is 8.83. The van der Waals surface area contributed by atoms with E-state index in [0.717, 1.165) is 19.3 Å². The van der Waals surface area contributed by atoms with Gasteiger partial charge in [-0.05, 0) is 63.7 Å². The number of aromatic carboxylic acids is 1. The minimum atomic E-state index is -0.900. The van der Waals surface area contributed by atoms with Crippen molar-refractivity contribution in [2.75, 3.05) is 6.61 Å². The molecular weight excluding hydrogens is 482 g/mol. The molecule has 1 N–H and O–H groups in total. The highest BCUT2D eigenvalue weighted by Gasteiger charge is 2.12. The van der Waals surface area contributed by atoms with Gasteiger partial charge in [-0.2, -0.15) is 0 Å². The van der Waals surface area contributed by atoms with E-state index in [1.54, 1.807) is 12.1 Å². The Hall–Kier alpha value is -0.0500. The summed E-state index contributed by atoms with van der Waals surface area (Å²) < 4.78 is 7.52. The number of rotatable bonds is 9. The second-order valence-corrected chi connectivity index (χ2v) is 7.01. The van der Waals surface area contributed by atoms with Crippen molar-refractivity contribution in [1.29, 1.82) is 0 Å². The maximum Gasteiger partial charge on any atom is 0.335 e. The molecule has 0 fully saturated rings. The molecule has 3 nitrogen and oxygen atoms in total. The Morgan fingerprint density at radius 3 is 2.20 bits per heavy atom. The number of hydrogen-bond acceptors (Lipinski definition) is 2. The molecule has 0 saturated heterocycles. The predicted molar refractivity (Wildman–Crippen MR) is 97.7 cm³/mol. The fourth-order valence-corrected chi connectivity index (χ4v) is 3.96. The molecule has 0 saturated carbocycles. The SMILES string of the molecule is CCCCCCCCOc1c(I)cc(C(=O)O)cc1I. The molecule has 5 heteroatoms. The second kappa shape index (κ2) is 9.81. The highest BCUT2D eigenvalue weighted by molar-refractivity contribution is 14.1. The van der Waals surface area contributed by atoms with E-state index in [4.69, 9.17) is 9.84 Å². The molecule has 112 valence electrons. The van der Waals surface area contributed by atoms with E-state index < -0.39 is 5.97 Å². The predicted octanol–water partition coefficient (Wildman–Crippen LogP) is 5.33. The zero-order valence-corrected chi connectivity index (χ0v) is 15.9. The summed E-state index contributed by atoms with van der Waals surface area (Å²) in [6.07, 6.45) is 7.40. The molecule has 20 heavy (non-hydrogen) atoms. The van der Waals surface area contributed by atoms with Crippen LogP contribution in [0.2, 0.25) is 0 Å². The molecule has 0 aliphatic heterocycles. The summed E-state index contributed by atoms with van der Waals surface area (Å²) in [5.41, 5.74) is 0.311. The quantitative estimate of drug-likeness (QED) is 0.367. The number of hydrogen-bond donors (Lipinski definition) is 1. The fraction of sp³-hybridized carbons (Fsp3) is 0.533. The van der Waals surface area contributed by atoms with Crippen LogP contribution in [-0.2, 0) is 0 Å². The van der Waals surface area contributed by atoms with Gasteiger partial charge in [0.1, 0.15) is 5.75 Å². The third kappa shape index (κ3) is 6.15. The van der Waals surface area contributed by atoms with E-state index in [-0.39, 0.29) is 0 Å². The molecular formula is C15H20I2O3. The summed E-state index contributed by atoms with van der Waals surface area (Å²) >= 11 is 4.26. The number of halogens is 2. The van der Waals surface area contributed by atoms with Crippen LogP contribution in [0.3, 0.4) is 0 Å². The first-order valence-corrected chi connectivity index (χ1v) is 9.07. The first-order chi connectivity index (χ1) is 9.56. The average Bonchev–Trinajstić information content (AvgIpc) is 2.40. The van der Waals surface area contributed by atoms with Gasteiger partial charge in [0.2, 0.25) is 0 Å². The van der Waals surface area contributed by atoms with Crippen LogP contribution in [0.1, 0.15) is 55.8 Å². The molecule has 0 aliphatic rings. The summed E-state index contributed by atoms with van der Waals surface area (Å²) in [5, 5.41) is 8.99. The molecule has 0 spiro atoms. The van der Waals surface area contributed by atoms with Crippen LogP contribution in [-0.4, -0.2) is 17.7 Å². The summed E-state index contributed by atoms with van der Waals surface area (Å²) in [5.74, 6) is -0.0898. The Morgan fingerprint density at radius 2 is 1.65 bits per heavy atom. The van der Waals surface area contributed by atoms with E-state index in [1.165, 1.54) is 32.1 Å². The van der Waals surface area contributed by atoms with Crippen LogP contribution in [0.4, 0.5) is 0 Å². The first-order valence-electron chi connectivity index (χ1n) is 6.91. The molecule has 0 unspecified atom stereocenters. The van der Waals surface area contributed by atoms with Gasteiger partial charge < -0.3 is 9.84 Å². The summed E-state index contributed by atoms with van der Waals surface area (Å²) in [6.45, 7) is 2.91. The Balaban J connectivity index is 2.42. The van der Waals surface area contributed by atoms with Gasteiger partial charge in [-0.15, -0.1) is 0 Å². The monoisotopic (exact) mass is 502 g/mol. The van der Waals surface area contributed by atoms with Crippen LogP contribution in [0.15, 0.2) is 12.1 Å². The van der Waals surface area contributed by atoms with Crippen LogP contribution in [0.5, 0.6) is 5.75 Å². The van der Waals surface area contributed by atoms with Crippen molar-refractivity contribution in [2.24, 2.45) is 0 Å². The molecule has 0 bridgehead atoms. The number of unbranched alkanes of at least 4 members (excludes halogenated alkanes) is 5. The normalized spacial score (nSPS) is 10.6. The highest BCUT2D eigenvalue weighted by atomic mass is 127. The maximum atomic E-state index is 11.0. The summed E-state index contributed by atoms with van der Waals surface area (Å²) in [7, 11) is 0.